The van der Waals surface area contributed by atoms with Gasteiger partial charge in [0.1, 0.15) is 5.82 Å². The van der Waals surface area contributed by atoms with Crippen LogP contribution in [0.25, 0.3) is 0 Å². The zero-order valence-electron chi connectivity index (χ0n) is 7.76. The molecule has 0 bridgehead atoms. The molecule has 2 atom stereocenters. The summed E-state index contributed by atoms with van der Waals surface area (Å²) in [6.45, 7) is 2.01. The second-order valence-corrected chi connectivity index (χ2v) is 3.85. The van der Waals surface area contributed by atoms with Crippen molar-refractivity contribution in [3.63, 3.8) is 0 Å². The fourth-order valence-corrected chi connectivity index (χ4v) is 1.92. The van der Waals surface area contributed by atoms with Crippen molar-refractivity contribution in [3.8, 4) is 0 Å². The second kappa shape index (κ2) is 3.11. The highest BCUT2D eigenvalue weighted by Crippen LogP contribution is 2.37. The zero-order chi connectivity index (χ0) is 9.42. The first-order chi connectivity index (χ1) is 6.18. The van der Waals surface area contributed by atoms with Crippen LogP contribution >= 0.6 is 0 Å². The highest BCUT2D eigenvalue weighted by molar-refractivity contribution is 5.32. The van der Waals surface area contributed by atoms with E-state index in [1.54, 1.807) is 6.07 Å². The Morgan fingerprint density at radius 1 is 1.38 bits per heavy atom. The molecule has 1 aliphatic rings. The van der Waals surface area contributed by atoms with Crippen LogP contribution in [0.4, 0.5) is 4.39 Å². The summed E-state index contributed by atoms with van der Waals surface area (Å²) in [7, 11) is 0. The second-order valence-electron chi connectivity index (χ2n) is 3.85. The average molecular weight is 179 g/mol. The molecule has 2 N–H and O–H groups in total. The Bertz CT molecular complexity index is 322. The lowest BCUT2D eigenvalue weighted by Gasteiger charge is -2.34. The van der Waals surface area contributed by atoms with Crippen LogP contribution in [-0.2, 0) is 0 Å². The van der Waals surface area contributed by atoms with Gasteiger partial charge in [-0.05, 0) is 48.9 Å². The molecule has 0 spiro atoms. The van der Waals surface area contributed by atoms with E-state index in [-0.39, 0.29) is 11.9 Å². The van der Waals surface area contributed by atoms with Gasteiger partial charge in [0.25, 0.3) is 0 Å². The Morgan fingerprint density at radius 3 is 2.69 bits per heavy atom. The summed E-state index contributed by atoms with van der Waals surface area (Å²) in [5, 5.41) is 0. The lowest BCUT2D eigenvalue weighted by molar-refractivity contribution is 0.344. The molecule has 13 heavy (non-hydrogen) atoms. The maximum atomic E-state index is 13.0. The van der Waals surface area contributed by atoms with Crippen LogP contribution in [0.3, 0.4) is 0 Å². The van der Waals surface area contributed by atoms with Gasteiger partial charge < -0.3 is 5.73 Å². The first kappa shape index (κ1) is 8.70. The fraction of sp³-hybridized carbons (Fsp3) is 0.455. The number of hydrogen-bond donors (Lipinski definition) is 1. The van der Waals surface area contributed by atoms with E-state index < -0.39 is 0 Å². The summed E-state index contributed by atoms with van der Waals surface area (Å²) < 4.78 is 13.0. The summed E-state index contributed by atoms with van der Waals surface area (Å²) in [6.07, 6.45) is 2.17. The Kier molecular flexibility index (Phi) is 2.08. The predicted molar refractivity (Wildman–Crippen MR) is 51.1 cm³/mol. The van der Waals surface area contributed by atoms with Crippen molar-refractivity contribution in [1.82, 2.24) is 0 Å². The Morgan fingerprint density at radius 2 is 2.15 bits per heavy atom. The summed E-state index contributed by atoms with van der Waals surface area (Å²) in [6, 6.07) is 5.19. The molecule has 0 saturated heterocycles. The number of nitrogens with two attached hydrogens (primary N) is 1. The number of halogens is 1. The number of hydrogen-bond acceptors (Lipinski definition) is 1. The fourth-order valence-electron chi connectivity index (χ4n) is 1.92. The van der Waals surface area contributed by atoms with Crippen molar-refractivity contribution in [1.29, 1.82) is 0 Å². The van der Waals surface area contributed by atoms with E-state index in [2.05, 4.69) is 0 Å². The molecule has 0 aromatic heterocycles. The van der Waals surface area contributed by atoms with Gasteiger partial charge in [0.05, 0.1) is 0 Å². The molecular weight excluding hydrogens is 165 g/mol. The van der Waals surface area contributed by atoms with E-state index in [1.165, 1.54) is 6.07 Å². The predicted octanol–water partition coefficient (Wildman–Crippen LogP) is 2.34. The molecule has 1 nitrogen and oxygen atoms in total. The maximum absolute atomic E-state index is 13.0. The highest BCUT2D eigenvalue weighted by atomic mass is 19.1. The monoisotopic (exact) mass is 179 g/mol. The van der Waals surface area contributed by atoms with E-state index in [4.69, 9.17) is 5.73 Å². The van der Waals surface area contributed by atoms with Crippen LogP contribution in [-0.4, -0.2) is 6.04 Å². The van der Waals surface area contributed by atoms with Crippen LogP contribution < -0.4 is 5.73 Å². The van der Waals surface area contributed by atoms with Crippen molar-refractivity contribution < 1.29 is 4.39 Å². The zero-order valence-corrected chi connectivity index (χ0v) is 7.76. The molecule has 1 fully saturated rings. The quantitative estimate of drug-likeness (QED) is 0.703. The molecule has 1 aromatic rings. The van der Waals surface area contributed by atoms with Gasteiger partial charge in [0.15, 0.2) is 0 Å². The van der Waals surface area contributed by atoms with E-state index >= 15 is 0 Å². The van der Waals surface area contributed by atoms with E-state index in [9.17, 15) is 4.39 Å². The SMILES string of the molecule is Cc1ccc(F)cc1C1CCC1N. The molecule has 0 heterocycles. The van der Waals surface area contributed by atoms with Crippen molar-refractivity contribution >= 4 is 0 Å². The van der Waals surface area contributed by atoms with Crippen LogP contribution in [0.1, 0.15) is 29.9 Å². The topological polar surface area (TPSA) is 26.0 Å². The Balaban J connectivity index is 2.33. The van der Waals surface area contributed by atoms with Crippen LogP contribution in [0.5, 0.6) is 0 Å². The van der Waals surface area contributed by atoms with Crippen molar-refractivity contribution in [2.24, 2.45) is 5.73 Å². The highest BCUT2D eigenvalue weighted by Gasteiger charge is 2.29. The Labute approximate surface area is 77.8 Å². The third kappa shape index (κ3) is 1.46. The van der Waals surface area contributed by atoms with Crippen LogP contribution in [0, 0.1) is 12.7 Å². The molecule has 0 aliphatic heterocycles. The van der Waals surface area contributed by atoms with Crippen LogP contribution in [0.2, 0.25) is 0 Å². The minimum Gasteiger partial charge on any atom is -0.327 e. The lowest BCUT2D eigenvalue weighted by Crippen LogP contribution is -2.37. The van der Waals surface area contributed by atoms with Crippen molar-refractivity contribution in [2.75, 3.05) is 0 Å². The molecule has 2 heteroatoms. The summed E-state index contributed by atoms with van der Waals surface area (Å²) >= 11 is 0. The maximum Gasteiger partial charge on any atom is 0.123 e. The molecule has 70 valence electrons. The molecule has 2 unspecified atom stereocenters. The van der Waals surface area contributed by atoms with Gasteiger partial charge in [-0.2, -0.15) is 0 Å². The molecule has 2 rings (SSSR count). The van der Waals surface area contributed by atoms with Gasteiger partial charge in [0, 0.05) is 6.04 Å². The van der Waals surface area contributed by atoms with Crippen molar-refractivity contribution in [3.05, 3.63) is 35.1 Å². The summed E-state index contributed by atoms with van der Waals surface area (Å²) in [5.74, 6) is 0.232. The average Bonchev–Trinajstić information content (AvgIpc) is 2.09. The first-order valence-electron chi connectivity index (χ1n) is 4.70. The Hall–Kier alpha value is -0.890. The lowest BCUT2D eigenvalue weighted by atomic mass is 9.74. The molecule has 1 saturated carbocycles. The van der Waals surface area contributed by atoms with Gasteiger partial charge in [-0.1, -0.05) is 6.07 Å². The smallest absolute Gasteiger partial charge is 0.123 e. The van der Waals surface area contributed by atoms with Gasteiger partial charge in [-0.25, -0.2) is 4.39 Å². The third-order valence-corrected chi connectivity index (χ3v) is 2.97. The van der Waals surface area contributed by atoms with Gasteiger partial charge in [-0.3, -0.25) is 0 Å². The number of aryl methyl sites for hydroxylation is 1. The molecule has 1 aromatic carbocycles. The summed E-state index contributed by atoms with van der Waals surface area (Å²) in [4.78, 5) is 0. The van der Waals surface area contributed by atoms with E-state index in [0.29, 0.717) is 5.92 Å². The molecule has 0 radical (unpaired) electrons. The number of benzene rings is 1. The van der Waals surface area contributed by atoms with Gasteiger partial charge >= 0.3 is 0 Å². The van der Waals surface area contributed by atoms with Crippen molar-refractivity contribution in [2.45, 2.75) is 31.7 Å². The van der Waals surface area contributed by atoms with Crippen LogP contribution in [0.15, 0.2) is 18.2 Å². The van der Waals surface area contributed by atoms with E-state index in [0.717, 1.165) is 24.0 Å². The van der Waals surface area contributed by atoms with Gasteiger partial charge in [0.2, 0.25) is 0 Å². The minimum atomic E-state index is -0.153. The normalized spacial score (nSPS) is 27.0. The molecule has 0 amide bonds. The number of rotatable bonds is 1. The minimum absolute atomic E-state index is 0.153. The molecular formula is C11H14FN. The largest absolute Gasteiger partial charge is 0.327 e. The van der Waals surface area contributed by atoms with E-state index in [1.807, 2.05) is 13.0 Å². The first-order valence-corrected chi connectivity index (χ1v) is 4.70. The molecule has 1 aliphatic carbocycles. The third-order valence-electron chi connectivity index (χ3n) is 2.97. The van der Waals surface area contributed by atoms with Gasteiger partial charge in [-0.15, -0.1) is 0 Å². The standard InChI is InChI=1S/C11H14FN/c1-7-2-3-8(12)6-10(7)9-4-5-11(9)13/h2-3,6,9,11H,4-5,13H2,1H3. The summed E-state index contributed by atoms with van der Waals surface area (Å²) in [5.41, 5.74) is 8.10.